The monoisotopic (exact) mass is 152 g/mol. The zero-order valence-electron chi connectivity index (χ0n) is 6.59. The zero-order valence-corrected chi connectivity index (χ0v) is 6.59. The van der Waals surface area contributed by atoms with Gasteiger partial charge in [-0.2, -0.15) is 0 Å². The minimum absolute atomic E-state index is 0.561. The van der Waals surface area contributed by atoms with Crippen molar-refractivity contribution in [2.24, 2.45) is 4.99 Å². The summed E-state index contributed by atoms with van der Waals surface area (Å²) in [5.41, 5.74) is 2.29. The molecule has 0 bridgehead atoms. The number of aliphatic hydroxyl groups is 1. The van der Waals surface area contributed by atoms with E-state index in [0.717, 1.165) is 30.7 Å². The highest BCUT2D eigenvalue weighted by Gasteiger charge is 2.24. The van der Waals surface area contributed by atoms with E-state index in [1.54, 1.807) is 0 Å². The van der Waals surface area contributed by atoms with Gasteiger partial charge in [-0.1, -0.05) is 0 Å². The van der Waals surface area contributed by atoms with Crippen molar-refractivity contribution in [2.45, 2.75) is 32.4 Å². The van der Waals surface area contributed by atoms with Crippen LogP contribution in [0, 0.1) is 0 Å². The van der Waals surface area contributed by atoms with E-state index >= 15 is 0 Å². The van der Waals surface area contributed by atoms with E-state index in [1.165, 1.54) is 5.70 Å². The number of nitrogens with one attached hydrogen (secondary N) is 1. The van der Waals surface area contributed by atoms with E-state index in [0.29, 0.717) is 0 Å². The standard InChI is InChI=1S/C8H12N2O/c1-5-9-7-4-2-3-6(7)8(11)10-5/h8,11H,2-4H2,1H3,(H,9,10). The molecule has 0 fully saturated rings. The molecule has 0 amide bonds. The SMILES string of the molecule is CC1=NC(O)C2=C(CCC2)N1. The van der Waals surface area contributed by atoms with Crippen LogP contribution in [0.2, 0.25) is 0 Å². The Kier molecular flexibility index (Phi) is 1.46. The van der Waals surface area contributed by atoms with Gasteiger partial charge in [-0.3, -0.25) is 0 Å². The largest absolute Gasteiger partial charge is 0.368 e. The fourth-order valence-corrected chi connectivity index (χ4v) is 1.71. The van der Waals surface area contributed by atoms with Crippen molar-refractivity contribution in [1.29, 1.82) is 0 Å². The molecule has 2 aliphatic rings. The molecule has 0 spiro atoms. The zero-order chi connectivity index (χ0) is 7.84. The molecule has 0 aromatic heterocycles. The van der Waals surface area contributed by atoms with Crippen LogP contribution in [0.3, 0.4) is 0 Å². The molecule has 1 atom stereocenters. The minimum Gasteiger partial charge on any atom is -0.368 e. The van der Waals surface area contributed by atoms with Gasteiger partial charge in [0.1, 0.15) is 5.84 Å². The molecule has 2 N–H and O–H groups in total. The lowest BCUT2D eigenvalue weighted by Crippen LogP contribution is -2.28. The molecule has 0 saturated heterocycles. The second kappa shape index (κ2) is 2.34. The van der Waals surface area contributed by atoms with E-state index in [1.807, 2.05) is 6.92 Å². The second-order valence-electron chi connectivity index (χ2n) is 3.07. The van der Waals surface area contributed by atoms with Crippen molar-refractivity contribution < 1.29 is 5.11 Å². The number of aliphatic imine (C=N–C) groups is 1. The molecular formula is C8H12N2O. The lowest BCUT2D eigenvalue weighted by molar-refractivity contribution is 0.214. The average molecular weight is 152 g/mol. The Hall–Kier alpha value is -0.830. The normalized spacial score (nSPS) is 29.6. The smallest absolute Gasteiger partial charge is 0.171 e. The van der Waals surface area contributed by atoms with E-state index in [2.05, 4.69) is 10.3 Å². The Labute approximate surface area is 65.8 Å². The van der Waals surface area contributed by atoms with Crippen molar-refractivity contribution in [2.75, 3.05) is 0 Å². The Morgan fingerprint density at radius 1 is 1.55 bits per heavy atom. The average Bonchev–Trinajstić information content (AvgIpc) is 2.34. The molecule has 1 heterocycles. The summed E-state index contributed by atoms with van der Waals surface area (Å²) < 4.78 is 0. The third kappa shape index (κ3) is 1.05. The van der Waals surface area contributed by atoms with Gasteiger partial charge in [-0.05, 0) is 31.8 Å². The number of aliphatic hydroxyl groups excluding tert-OH is 1. The minimum atomic E-state index is -0.561. The fraction of sp³-hybridized carbons (Fsp3) is 0.625. The summed E-state index contributed by atoms with van der Waals surface area (Å²) in [6.45, 7) is 1.88. The topological polar surface area (TPSA) is 44.6 Å². The molecule has 3 heteroatoms. The second-order valence-corrected chi connectivity index (χ2v) is 3.07. The molecule has 1 aliphatic carbocycles. The Morgan fingerprint density at radius 2 is 2.36 bits per heavy atom. The quantitative estimate of drug-likeness (QED) is 0.538. The van der Waals surface area contributed by atoms with E-state index in [9.17, 15) is 5.11 Å². The van der Waals surface area contributed by atoms with Crippen molar-refractivity contribution >= 4 is 5.84 Å². The van der Waals surface area contributed by atoms with Crippen LogP contribution in [-0.2, 0) is 0 Å². The Balaban J connectivity index is 2.27. The third-order valence-corrected chi connectivity index (χ3v) is 2.22. The number of hydrogen-bond donors (Lipinski definition) is 2. The number of amidine groups is 1. The molecule has 0 aromatic carbocycles. The highest BCUT2D eigenvalue weighted by Crippen LogP contribution is 2.29. The van der Waals surface area contributed by atoms with E-state index < -0.39 is 6.23 Å². The first-order valence-electron chi connectivity index (χ1n) is 3.99. The third-order valence-electron chi connectivity index (χ3n) is 2.22. The molecule has 1 unspecified atom stereocenters. The summed E-state index contributed by atoms with van der Waals surface area (Å²) in [6, 6.07) is 0. The van der Waals surface area contributed by atoms with Gasteiger partial charge in [0, 0.05) is 5.70 Å². The maximum absolute atomic E-state index is 9.46. The molecule has 3 nitrogen and oxygen atoms in total. The number of allylic oxidation sites excluding steroid dienone is 1. The molecule has 2 rings (SSSR count). The van der Waals surface area contributed by atoms with Crippen molar-refractivity contribution in [1.82, 2.24) is 5.32 Å². The molecule has 11 heavy (non-hydrogen) atoms. The van der Waals surface area contributed by atoms with Gasteiger partial charge in [0.2, 0.25) is 0 Å². The molecule has 0 aromatic rings. The Bertz CT molecular complexity index is 242. The lowest BCUT2D eigenvalue weighted by atomic mass is 10.2. The molecule has 60 valence electrons. The number of nitrogens with zero attached hydrogens (tertiary/aromatic N) is 1. The maximum Gasteiger partial charge on any atom is 0.171 e. The Morgan fingerprint density at radius 3 is 3.18 bits per heavy atom. The lowest BCUT2D eigenvalue weighted by Gasteiger charge is -2.18. The predicted molar refractivity (Wildman–Crippen MR) is 43.1 cm³/mol. The number of hydrogen-bond acceptors (Lipinski definition) is 3. The van der Waals surface area contributed by atoms with E-state index in [4.69, 9.17) is 0 Å². The van der Waals surface area contributed by atoms with Crippen LogP contribution in [0.15, 0.2) is 16.3 Å². The van der Waals surface area contributed by atoms with Crippen LogP contribution < -0.4 is 5.32 Å². The summed E-state index contributed by atoms with van der Waals surface area (Å²) >= 11 is 0. The number of rotatable bonds is 0. The molecular weight excluding hydrogens is 140 g/mol. The molecule has 1 aliphatic heterocycles. The molecule has 0 saturated carbocycles. The summed E-state index contributed by atoms with van der Waals surface area (Å²) in [5.74, 6) is 0.832. The van der Waals surface area contributed by atoms with Gasteiger partial charge in [0.05, 0.1) is 0 Å². The van der Waals surface area contributed by atoms with Crippen LogP contribution in [0.4, 0.5) is 0 Å². The van der Waals surface area contributed by atoms with Crippen molar-refractivity contribution in [3.05, 3.63) is 11.3 Å². The van der Waals surface area contributed by atoms with Gasteiger partial charge in [-0.15, -0.1) is 0 Å². The van der Waals surface area contributed by atoms with E-state index in [-0.39, 0.29) is 0 Å². The van der Waals surface area contributed by atoms with Gasteiger partial charge in [0.15, 0.2) is 6.23 Å². The van der Waals surface area contributed by atoms with Gasteiger partial charge in [0.25, 0.3) is 0 Å². The van der Waals surface area contributed by atoms with Crippen LogP contribution >= 0.6 is 0 Å². The summed E-state index contributed by atoms with van der Waals surface area (Å²) in [4.78, 5) is 4.03. The fourth-order valence-electron chi connectivity index (χ4n) is 1.71. The summed E-state index contributed by atoms with van der Waals surface area (Å²) in [6.07, 6.45) is 2.66. The van der Waals surface area contributed by atoms with Crippen molar-refractivity contribution in [3.8, 4) is 0 Å². The van der Waals surface area contributed by atoms with Gasteiger partial charge >= 0.3 is 0 Å². The first kappa shape index (κ1) is 6.85. The van der Waals surface area contributed by atoms with Gasteiger partial charge in [-0.25, -0.2) is 4.99 Å². The first-order valence-corrected chi connectivity index (χ1v) is 3.99. The summed E-state index contributed by atoms with van der Waals surface area (Å²) in [5, 5.41) is 12.6. The summed E-state index contributed by atoms with van der Waals surface area (Å²) in [7, 11) is 0. The van der Waals surface area contributed by atoms with Crippen LogP contribution in [0.5, 0.6) is 0 Å². The van der Waals surface area contributed by atoms with Crippen LogP contribution in [0.25, 0.3) is 0 Å². The van der Waals surface area contributed by atoms with Crippen LogP contribution in [0.1, 0.15) is 26.2 Å². The van der Waals surface area contributed by atoms with Gasteiger partial charge < -0.3 is 10.4 Å². The van der Waals surface area contributed by atoms with Crippen molar-refractivity contribution in [3.63, 3.8) is 0 Å². The highest BCUT2D eigenvalue weighted by molar-refractivity contribution is 5.82. The predicted octanol–water partition coefficient (Wildman–Crippen LogP) is 0.764. The highest BCUT2D eigenvalue weighted by atomic mass is 16.3. The first-order chi connectivity index (χ1) is 5.27. The molecule has 0 radical (unpaired) electrons. The maximum atomic E-state index is 9.46. The van der Waals surface area contributed by atoms with Crippen LogP contribution in [-0.4, -0.2) is 17.2 Å².